The van der Waals surface area contributed by atoms with Crippen LogP contribution in [0.1, 0.15) is 65.1 Å². The molecule has 1 fully saturated rings. The lowest BCUT2D eigenvalue weighted by atomic mass is 9.91. The second-order valence-electron chi connectivity index (χ2n) is 9.71. The van der Waals surface area contributed by atoms with Crippen LogP contribution in [0, 0.1) is 0 Å². The lowest BCUT2D eigenvalue weighted by Crippen LogP contribution is -2.44. The van der Waals surface area contributed by atoms with Crippen LogP contribution in [0.3, 0.4) is 0 Å². The number of Topliss-reactive ketones (excluding diaryl/α,β-unsaturated/α-hetero) is 1. The van der Waals surface area contributed by atoms with E-state index in [1.165, 1.54) is 0 Å². The third-order valence-corrected chi connectivity index (χ3v) is 7.23. The first-order valence-corrected chi connectivity index (χ1v) is 13.0. The number of esters is 1. The Hall–Kier alpha value is -3.49. The molecule has 0 bridgehead atoms. The summed E-state index contributed by atoms with van der Waals surface area (Å²) in [6.07, 6.45) is 3.61. The number of aliphatic hydroxyl groups is 1. The molecule has 1 aromatic heterocycles. The molecule has 3 aromatic rings. The Balaban J connectivity index is 1.36. The number of benzene rings is 2. The Kier molecular flexibility index (Phi) is 7.13. The minimum Gasteiger partial charge on any atom is -0.459 e. The first-order valence-electron chi connectivity index (χ1n) is 13.0. The lowest BCUT2D eigenvalue weighted by Gasteiger charge is -2.28. The van der Waals surface area contributed by atoms with E-state index in [0.717, 1.165) is 36.1 Å². The summed E-state index contributed by atoms with van der Waals surface area (Å²) in [6.45, 7) is 4.76. The molecular formula is C29H33N3O5. The van der Waals surface area contributed by atoms with Crippen LogP contribution in [0.25, 0.3) is 0 Å². The maximum absolute atomic E-state index is 13.7. The summed E-state index contributed by atoms with van der Waals surface area (Å²) < 4.78 is 13.5. The van der Waals surface area contributed by atoms with Crippen molar-refractivity contribution in [3.63, 3.8) is 0 Å². The highest BCUT2D eigenvalue weighted by Crippen LogP contribution is 2.51. The second-order valence-corrected chi connectivity index (χ2v) is 9.71. The topological polar surface area (TPSA) is 93.9 Å². The van der Waals surface area contributed by atoms with Crippen LogP contribution >= 0.6 is 0 Å². The summed E-state index contributed by atoms with van der Waals surface area (Å²) in [7, 11) is 0. The maximum atomic E-state index is 13.7. The first kappa shape index (κ1) is 25.2. The van der Waals surface area contributed by atoms with Crippen LogP contribution < -0.4 is 4.90 Å². The summed E-state index contributed by atoms with van der Waals surface area (Å²) in [5.41, 5.74) is 2.23. The van der Waals surface area contributed by atoms with E-state index < -0.39 is 23.9 Å². The number of nitrogens with zero attached hydrogens (tertiary/aromatic N) is 3. The standard InChI is InChI=1S/C29H33N3O5/c1-3-5-11-21-17-30-32(4-2)26(21)25(33)18-31-24-15-10-9-14-23(24)29(35)16-22(37-28(29)31)19-36-27(34)20-12-7-6-8-13-20/h6-10,12-15,17,22,28,35H,3-5,11,16,18-19H2,1-2H3/t22-,28?,29+/m0/s1. The van der Waals surface area contributed by atoms with Crippen molar-refractivity contribution in [1.29, 1.82) is 0 Å². The van der Waals surface area contributed by atoms with Gasteiger partial charge in [0.2, 0.25) is 0 Å². The first-order chi connectivity index (χ1) is 18.0. The number of ketones is 1. The molecule has 0 spiro atoms. The van der Waals surface area contributed by atoms with Crippen LogP contribution in [0.2, 0.25) is 0 Å². The van der Waals surface area contributed by atoms with Gasteiger partial charge in [-0.15, -0.1) is 0 Å². The molecule has 1 saturated heterocycles. The molecule has 2 aromatic carbocycles. The minimum absolute atomic E-state index is 0.0141. The Morgan fingerprint density at radius 3 is 2.65 bits per heavy atom. The number of anilines is 1. The fourth-order valence-electron chi connectivity index (χ4n) is 5.44. The van der Waals surface area contributed by atoms with E-state index in [1.54, 1.807) is 35.1 Å². The molecule has 0 amide bonds. The molecule has 5 rings (SSSR count). The van der Waals surface area contributed by atoms with E-state index in [-0.39, 0.29) is 25.4 Å². The van der Waals surface area contributed by atoms with Gasteiger partial charge in [-0.05, 0) is 38.0 Å². The average molecular weight is 504 g/mol. The van der Waals surface area contributed by atoms with Crippen molar-refractivity contribution in [1.82, 2.24) is 9.78 Å². The number of fused-ring (bicyclic) bond motifs is 3. The molecule has 8 nitrogen and oxygen atoms in total. The van der Waals surface area contributed by atoms with Crippen molar-refractivity contribution in [2.24, 2.45) is 0 Å². The zero-order valence-corrected chi connectivity index (χ0v) is 21.3. The highest BCUT2D eigenvalue weighted by Gasteiger charge is 2.57. The van der Waals surface area contributed by atoms with Crippen molar-refractivity contribution in [2.45, 2.75) is 64.0 Å². The summed E-state index contributed by atoms with van der Waals surface area (Å²) in [5, 5.41) is 16.2. The van der Waals surface area contributed by atoms with Gasteiger partial charge in [0.25, 0.3) is 0 Å². The lowest BCUT2D eigenvalue weighted by molar-refractivity contribution is -0.0496. The number of aryl methyl sites for hydroxylation is 2. The monoisotopic (exact) mass is 503 g/mol. The number of hydrogen-bond donors (Lipinski definition) is 1. The van der Waals surface area contributed by atoms with Gasteiger partial charge >= 0.3 is 5.97 Å². The quantitative estimate of drug-likeness (QED) is 0.329. The van der Waals surface area contributed by atoms with Gasteiger partial charge in [-0.3, -0.25) is 9.48 Å². The molecule has 3 heterocycles. The van der Waals surface area contributed by atoms with Gasteiger partial charge in [0.1, 0.15) is 17.9 Å². The predicted octanol–water partition coefficient (Wildman–Crippen LogP) is 4.11. The third kappa shape index (κ3) is 4.67. The van der Waals surface area contributed by atoms with Crippen molar-refractivity contribution in [2.75, 3.05) is 18.1 Å². The summed E-state index contributed by atoms with van der Waals surface area (Å²) in [4.78, 5) is 27.9. The van der Waals surface area contributed by atoms with Gasteiger partial charge in [-0.2, -0.15) is 5.10 Å². The SMILES string of the molecule is CCCCc1cnn(CC)c1C(=O)CN1c2ccccc2[C@]2(O)C[C@@H](COC(=O)c3ccccc3)OC12. The number of hydrogen-bond acceptors (Lipinski definition) is 7. The van der Waals surface area contributed by atoms with Crippen LogP contribution in [-0.2, 0) is 28.0 Å². The Morgan fingerprint density at radius 2 is 1.89 bits per heavy atom. The molecule has 0 saturated carbocycles. The van der Waals surface area contributed by atoms with Gasteiger partial charge in [0.15, 0.2) is 12.0 Å². The molecule has 8 heteroatoms. The summed E-state index contributed by atoms with van der Waals surface area (Å²) in [5.74, 6) is -0.500. The van der Waals surface area contributed by atoms with Crippen molar-refractivity contribution < 1.29 is 24.2 Å². The number of carbonyl (C=O) groups excluding carboxylic acids is 2. The Morgan fingerprint density at radius 1 is 1.14 bits per heavy atom. The largest absolute Gasteiger partial charge is 0.459 e. The number of ether oxygens (including phenoxy) is 2. The van der Waals surface area contributed by atoms with Crippen LogP contribution in [0.5, 0.6) is 0 Å². The van der Waals surface area contributed by atoms with E-state index in [9.17, 15) is 14.7 Å². The maximum Gasteiger partial charge on any atom is 0.338 e. The molecule has 194 valence electrons. The van der Waals surface area contributed by atoms with Gasteiger partial charge in [-0.1, -0.05) is 49.7 Å². The summed E-state index contributed by atoms with van der Waals surface area (Å²) in [6, 6.07) is 16.3. The second kappa shape index (κ2) is 10.5. The van der Waals surface area contributed by atoms with Crippen molar-refractivity contribution >= 4 is 17.4 Å². The van der Waals surface area contributed by atoms with Crippen molar-refractivity contribution in [3.05, 3.63) is 83.2 Å². The van der Waals surface area contributed by atoms with Crippen LogP contribution in [0.15, 0.2) is 60.8 Å². The number of carbonyl (C=O) groups is 2. The highest BCUT2D eigenvalue weighted by molar-refractivity contribution is 5.99. The third-order valence-electron chi connectivity index (χ3n) is 7.23. The fourth-order valence-corrected chi connectivity index (χ4v) is 5.44. The number of unbranched alkanes of at least 4 members (excludes halogenated alkanes) is 1. The highest BCUT2D eigenvalue weighted by atomic mass is 16.6. The summed E-state index contributed by atoms with van der Waals surface area (Å²) >= 11 is 0. The van der Waals surface area contributed by atoms with Gasteiger partial charge in [-0.25, -0.2) is 4.79 Å². The number of para-hydroxylation sites is 1. The number of aromatic nitrogens is 2. The van der Waals surface area contributed by atoms with E-state index >= 15 is 0 Å². The molecule has 2 aliphatic heterocycles. The van der Waals surface area contributed by atoms with Gasteiger partial charge in [0, 0.05) is 29.8 Å². The molecule has 37 heavy (non-hydrogen) atoms. The Bertz CT molecular complexity index is 1270. The van der Waals surface area contributed by atoms with E-state index in [2.05, 4.69) is 12.0 Å². The minimum atomic E-state index is -1.31. The molecule has 3 atom stereocenters. The number of rotatable bonds is 10. The van der Waals surface area contributed by atoms with E-state index in [4.69, 9.17) is 9.47 Å². The zero-order valence-electron chi connectivity index (χ0n) is 21.3. The van der Waals surface area contributed by atoms with Crippen LogP contribution in [0.4, 0.5) is 5.69 Å². The van der Waals surface area contributed by atoms with Gasteiger partial charge in [0.05, 0.1) is 24.4 Å². The van der Waals surface area contributed by atoms with E-state index in [1.807, 2.05) is 42.2 Å². The van der Waals surface area contributed by atoms with E-state index in [0.29, 0.717) is 17.8 Å². The predicted molar refractivity (Wildman–Crippen MR) is 139 cm³/mol. The Labute approximate surface area is 216 Å². The molecular weight excluding hydrogens is 470 g/mol. The zero-order chi connectivity index (χ0) is 26.0. The molecule has 0 radical (unpaired) electrons. The average Bonchev–Trinajstić information content (AvgIpc) is 3.56. The molecule has 2 aliphatic rings. The molecule has 1 unspecified atom stereocenters. The van der Waals surface area contributed by atoms with Crippen LogP contribution in [-0.4, -0.2) is 52.1 Å². The van der Waals surface area contributed by atoms with Gasteiger partial charge < -0.3 is 19.5 Å². The van der Waals surface area contributed by atoms with Crippen molar-refractivity contribution in [3.8, 4) is 0 Å². The smallest absolute Gasteiger partial charge is 0.338 e. The molecule has 1 N–H and O–H groups in total. The molecule has 0 aliphatic carbocycles. The normalized spacial score (nSPS) is 22.1. The fraction of sp³-hybridized carbons (Fsp3) is 0.414.